The number of alkyl halides is 2. The molecule has 0 nitrogen and oxygen atoms in total. The second kappa shape index (κ2) is 5.56. The van der Waals surface area contributed by atoms with E-state index in [1.54, 1.807) is 0 Å². The van der Waals surface area contributed by atoms with Gasteiger partial charge in [0, 0.05) is 11.8 Å². The Morgan fingerprint density at radius 3 is 1.58 bits per heavy atom. The second-order valence-corrected chi connectivity index (χ2v) is 5.68. The number of fused-ring (bicyclic) bond motifs is 2. The summed E-state index contributed by atoms with van der Waals surface area (Å²) in [4.78, 5) is 0. The molecule has 0 saturated carbocycles. The van der Waals surface area contributed by atoms with E-state index in [2.05, 4.69) is 36.4 Å². The van der Waals surface area contributed by atoms with Crippen LogP contribution in [-0.4, -0.2) is 0 Å². The van der Waals surface area contributed by atoms with Gasteiger partial charge in [-0.3, -0.25) is 0 Å². The summed E-state index contributed by atoms with van der Waals surface area (Å²) in [6.45, 7) is 0. The molecule has 0 fully saturated rings. The Balaban J connectivity index is 2.03. The molecule has 2 aromatic carbocycles. The number of benzene rings is 2. The van der Waals surface area contributed by atoms with Crippen LogP contribution in [0.3, 0.4) is 0 Å². The number of hydrogen-bond donors (Lipinski definition) is 0. The van der Waals surface area contributed by atoms with Crippen LogP contribution in [0.4, 0.5) is 0 Å². The highest BCUT2D eigenvalue weighted by Crippen LogP contribution is 2.26. The minimum Gasteiger partial charge on any atom is -0.122 e. The predicted molar refractivity (Wildman–Crippen MR) is 82.2 cm³/mol. The van der Waals surface area contributed by atoms with Crippen molar-refractivity contribution in [3.05, 3.63) is 69.8 Å². The molecule has 0 N–H and O–H groups in total. The first kappa shape index (κ1) is 13.0. The molecule has 19 heavy (non-hydrogen) atoms. The monoisotopic (exact) mass is 290 g/mol. The summed E-state index contributed by atoms with van der Waals surface area (Å²) in [6.07, 6.45) is 3.23. The Hall–Kier alpha value is -0.980. The van der Waals surface area contributed by atoms with Crippen LogP contribution in [0.15, 0.2) is 36.4 Å². The zero-order valence-corrected chi connectivity index (χ0v) is 12.3. The Labute approximate surface area is 124 Å². The molecule has 0 bridgehead atoms. The molecule has 0 spiro atoms. The molecule has 0 atom stereocenters. The van der Waals surface area contributed by atoms with Crippen LogP contribution in [0, 0.1) is 0 Å². The maximum Gasteiger partial charge on any atom is 0.0474 e. The van der Waals surface area contributed by atoms with Crippen molar-refractivity contribution in [2.24, 2.45) is 0 Å². The van der Waals surface area contributed by atoms with E-state index in [1.165, 1.54) is 33.4 Å². The van der Waals surface area contributed by atoms with E-state index in [0.717, 1.165) is 19.3 Å². The molecule has 0 radical (unpaired) electrons. The molecule has 2 heteroatoms. The predicted octanol–water partition coefficient (Wildman–Crippen LogP) is 4.85. The van der Waals surface area contributed by atoms with Crippen LogP contribution in [0.2, 0.25) is 0 Å². The minimum atomic E-state index is 0.585. The molecular formula is C17H16Cl2. The second-order valence-electron chi connectivity index (χ2n) is 5.15. The van der Waals surface area contributed by atoms with E-state index in [9.17, 15) is 0 Å². The smallest absolute Gasteiger partial charge is 0.0474 e. The fourth-order valence-corrected chi connectivity index (χ4v) is 3.15. The maximum atomic E-state index is 5.94. The summed E-state index contributed by atoms with van der Waals surface area (Å²) in [5.41, 5.74) is 8.16. The van der Waals surface area contributed by atoms with Gasteiger partial charge in [-0.2, -0.15) is 0 Å². The molecular weight excluding hydrogens is 275 g/mol. The first-order valence-corrected chi connectivity index (χ1v) is 7.70. The van der Waals surface area contributed by atoms with Crippen molar-refractivity contribution in [3.63, 3.8) is 0 Å². The molecule has 0 saturated heterocycles. The van der Waals surface area contributed by atoms with E-state index in [-0.39, 0.29) is 0 Å². The zero-order valence-electron chi connectivity index (χ0n) is 10.8. The van der Waals surface area contributed by atoms with Crippen LogP contribution in [-0.2, 0) is 31.0 Å². The fraction of sp³-hybridized carbons (Fsp3) is 0.294. The first-order valence-electron chi connectivity index (χ1n) is 6.63. The van der Waals surface area contributed by atoms with Crippen LogP contribution in [0.25, 0.3) is 0 Å². The third kappa shape index (κ3) is 2.66. The van der Waals surface area contributed by atoms with Crippen molar-refractivity contribution in [3.8, 4) is 0 Å². The van der Waals surface area contributed by atoms with Crippen LogP contribution >= 0.6 is 23.2 Å². The van der Waals surface area contributed by atoms with Gasteiger partial charge in [-0.05, 0) is 52.6 Å². The van der Waals surface area contributed by atoms with Crippen LogP contribution in [0.1, 0.15) is 33.4 Å². The molecule has 0 unspecified atom stereocenters. The van der Waals surface area contributed by atoms with Gasteiger partial charge < -0.3 is 0 Å². The zero-order chi connectivity index (χ0) is 13.2. The summed E-state index contributed by atoms with van der Waals surface area (Å²) < 4.78 is 0. The fourth-order valence-electron chi connectivity index (χ4n) is 2.82. The largest absolute Gasteiger partial charge is 0.122 e. The molecule has 3 rings (SSSR count). The standard InChI is InChI=1S/C17H16Cl2/c18-10-12-1-3-14-5-6-15-4-2-13(11-19)8-17(15)9-16(14)7-12/h1-4,7-8H,5-6,9-11H2. The topological polar surface area (TPSA) is 0 Å². The van der Waals surface area contributed by atoms with Gasteiger partial charge in [0.25, 0.3) is 0 Å². The highest BCUT2D eigenvalue weighted by Gasteiger charge is 2.14. The van der Waals surface area contributed by atoms with Gasteiger partial charge in [-0.15, -0.1) is 23.2 Å². The summed E-state index contributed by atoms with van der Waals surface area (Å²) >= 11 is 11.9. The van der Waals surface area contributed by atoms with Gasteiger partial charge >= 0.3 is 0 Å². The van der Waals surface area contributed by atoms with Crippen molar-refractivity contribution in [1.29, 1.82) is 0 Å². The molecule has 0 aromatic heterocycles. The van der Waals surface area contributed by atoms with E-state index >= 15 is 0 Å². The van der Waals surface area contributed by atoms with E-state index in [1.807, 2.05) is 0 Å². The lowest BCUT2D eigenvalue weighted by molar-refractivity contribution is 0.963. The highest BCUT2D eigenvalue weighted by atomic mass is 35.5. The Bertz CT molecular complexity index is 549. The van der Waals surface area contributed by atoms with E-state index in [4.69, 9.17) is 23.2 Å². The van der Waals surface area contributed by atoms with Crippen LogP contribution < -0.4 is 0 Å². The van der Waals surface area contributed by atoms with Gasteiger partial charge in [-0.1, -0.05) is 36.4 Å². The number of hydrogen-bond acceptors (Lipinski definition) is 0. The maximum absolute atomic E-state index is 5.94. The van der Waals surface area contributed by atoms with Gasteiger partial charge in [0.05, 0.1) is 0 Å². The van der Waals surface area contributed by atoms with E-state index in [0.29, 0.717) is 11.8 Å². The summed E-state index contributed by atoms with van der Waals surface area (Å²) in [6, 6.07) is 13.3. The first-order chi connectivity index (χ1) is 9.30. The minimum absolute atomic E-state index is 0.585. The summed E-state index contributed by atoms with van der Waals surface area (Å²) in [5.74, 6) is 1.17. The lowest BCUT2D eigenvalue weighted by Gasteiger charge is -2.09. The number of rotatable bonds is 2. The van der Waals surface area contributed by atoms with Crippen molar-refractivity contribution in [1.82, 2.24) is 0 Å². The van der Waals surface area contributed by atoms with Gasteiger partial charge in [-0.25, -0.2) is 0 Å². The average molecular weight is 291 g/mol. The third-order valence-corrected chi connectivity index (χ3v) is 4.51. The molecule has 0 aliphatic heterocycles. The molecule has 98 valence electrons. The third-order valence-electron chi connectivity index (χ3n) is 3.89. The quantitative estimate of drug-likeness (QED) is 0.694. The lowest BCUT2D eigenvalue weighted by Crippen LogP contribution is -1.95. The lowest BCUT2D eigenvalue weighted by atomic mass is 9.97. The van der Waals surface area contributed by atoms with Crippen LogP contribution in [0.5, 0.6) is 0 Å². The van der Waals surface area contributed by atoms with Gasteiger partial charge in [0.1, 0.15) is 0 Å². The average Bonchev–Trinajstić information content (AvgIpc) is 2.64. The SMILES string of the molecule is ClCc1ccc2c(c1)Cc1cc(CCl)ccc1CC2. The summed E-state index contributed by atoms with van der Waals surface area (Å²) in [7, 11) is 0. The molecule has 0 heterocycles. The molecule has 0 amide bonds. The Kier molecular flexibility index (Phi) is 3.81. The number of aryl methyl sites for hydroxylation is 2. The van der Waals surface area contributed by atoms with Crippen molar-refractivity contribution in [2.75, 3.05) is 0 Å². The van der Waals surface area contributed by atoms with E-state index < -0.39 is 0 Å². The van der Waals surface area contributed by atoms with Gasteiger partial charge in [0.15, 0.2) is 0 Å². The Morgan fingerprint density at radius 2 is 1.16 bits per heavy atom. The van der Waals surface area contributed by atoms with Crippen molar-refractivity contribution in [2.45, 2.75) is 31.0 Å². The molecule has 1 aliphatic rings. The van der Waals surface area contributed by atoms with Gasteiger partial charge in [0.2, 0.25) is 0 Å². The molecule has 2 aromatic rings. The van der Waals surface area contributed by atoms with Crippen molar-refractivity contribution >= 4 is 23.2 Å². The highest BCUT2D eigenvalue weighted by molar-refractivity contribution is 6.17. The Morgan fingerprint density at radius 1 is 0.684 bits per heavy atom. The summed E-state index contributed by atoms with van der Waals surface area (Å²) in [5, 5.41) is 0. The normalized spacial score (nSPS) is 13.6. The molecule has 1 aliphatic carbocycles. The van der Waals surface area contributed by atoms with Crippen molar-refractivity contribution < 1.29 is 0 Å². The number of halogens is 2.